The van der Waals surface area contributed by atoms with Gasteiger partial charge in [-0.15, -0.1) is 0 Å². The highest BCUT2D eigenvalue weighted by Gasteiger charge is 2.26. The molecule has 0 spiro atoms. The molecule has 82 valence electrons. The van der Waals surface area contributed by atoms with Crippen LogP contribution < -0.4 is 10.2 Å². The van der Waals surface area contributed by atoms with Gasteiger partial charge in [0, 0.05) is 5.46 Å². The lowest BCUT2D eigenvalue weighted by atomic mass is 9.78. The number of hydrogen-bond acceptors (Lipinski definition) is 3. The van der Waals surface area contributed by atoms with Gasteiger partial charge < -0.3 is 14.8 Å². The lowest BCUT2D eigenvalue weighted by Crippen LogP contribution is -2.32. The molecule has 3 nitrogen and oxygen atoms in total. The number of methoxy groups -OCH3 is 1. The van der Waals surface area contributed by atoms with Crippen LogP contribution in [0.2, 0.25) is 0 Å². The van der Waals surface area contributed by atoms with Crippen molar-refractivity contribution in [2.45, 2.75) is 6.43 Å². The fourth-order valence-corrected chi connectivity index (χ4v) is 1.23. The zero-order valence-electron chi connectivity index (χ0n) is 7.75. The second-order valence-corrected chi connectivity index (χ2v) is 2.76. The van der Waals surface area contributed by atoms with Crippen LogP contribution in [0.5, 0.6) is 5.75 Å². The van der Waals surface area contributed by atoms with E-state index in [-0.39, 0.29) is 5.46 Å². The number of hydrogen-bond donors (Lipinski definition) is 2. The van der Waals surface area contributed by atoms with Crippen molar-refractivity contribution in [2.24, 2.45) is 0 Å². The molecule has 0 aliphatic rings. The maximum Gasteiger partial charge on any atom is 0.492 e. The molecule has 0 aromatic heterocycles. The smallest absolute Gasteiger partial charge is 0.492 e. The van der Waals surface area contributed by atoms with E-state index in [1.165, 1.54) is 0 Å². The molecule has 0 saturated heterocycles. The van der Waals surface area contributed by atoms with Crippen molar-refractivity contribution in [3.8, 4) is 5.75 Å². The maximum absolute atomic E-state index is 13.0. The van der Waals surface area contributed by atoms with E-state index in [4.69, 9.17) is 10.0 Å². The van der Waals surface area contributed by atoms with Crippen molar-refractivity contribution in [1.29, 1.82) is 0 Å². The van der Waals surface area contributed by atoms with E-state index in [0.717, 1.165) is 19.2 Å². The highest BCUT2D eigenvalue weighted by Crippen LogP contribution is 2.29. The van der Waals surface area contributed by atoms with Crippen LogP contribution in [-0.2, 0) is 0 Å². The molecule has 0 saturated carbocycles. The lowest BCUT2D eigenvalue weighted by molar-refractivity contribution is 0.142. The van der Waals surface area contributed by atoms with Crippen molar-refractivity contribution in [2.75, 3.05) is 7.11 Å². The van der Waals surface area contributed by atoms with E-state index in [0.29, 0.717) is 0 Å². The average Bonchev–Trinajstić information content (AvgIpc) is 2.15. The van der Waals surface area contributed by atoms with Crippen molar-refractivity contribution >= 4 is 12.6 Å². The SMILES string of the molecule is COc1c(B(O)O)ccc(F)c1C(F)F. The Hall–Kier alpha value is -1.21. The summed E-state index contributed by atoms with van der Waals surface area (Å²) in [6.07, 6.45) is -3.08. The second kappa shape index (κ2) is 4.54. The van der Waals surface area contributed by atoms with E-state index in [9.17, 15) is 13.2 Å². The largest absolute Gasteiger partial charge is 0.497 e. The van der Waals surface area contributed by atoms with Gasteiger partial charge in [0.25, 0.3) is 6.43 Å². The molecule has 0 unspecified atom stereocenters. The summed E-state index contributed by atoms with van der Waals surface area (Å²) in [6, 6.07) is 1.71. The number of ether oxygens (including phenoxy) is 1. The van der Waals surface area contributed by atoms with Gasteiger partial charge in [0.2, 0.25) is 0 Å². The zero-order chi connectivity index (χ0) is 11.6. The van der Waals surface area contributed by atoms with E-state index >= 15 is 0 Å². The van der Waals surface area contributed by atoms with Gasteiger partial charge in [-0.3, -0.25) is 0 Å². The van der Waals surface area contributed by atoms with Gasteiger partial charge in [-0.25, -0.2) is 13.2 Å². The highest BCUT2D eigenvalue weighted by molar-refractivity contribution is 6.59. The molecular weight excluding hydrogens is 212 g/mol. The molecule has 0 fully saturated rings. The van der Waals surface area contributed by atoms with Crippen LogP contribution >= 0.6 is 0 Å². The first-order chi connectivity index (χ1) is 6.99. The first-order valence-electron chi connectivity index (χ1n) is 3.99. The molecular formula is C8H8BF3O3. The van der Waals surface area contributed by atoms with Gasteiger partial charge in [-0.1, -0.05) is 6.07 Å². The molecule has 1 aromatic rings. The molecule has 0 radical (unpaired) electrons. The van der Waals surface area contributed by atoms with Crippen LogP contribution in [0, 0.1) is 5.82 Å². The Balaban J connectivity index is 3.40. The number of alkyl halides is 2. The molecule has 0 aliphatic carbocycles. The molecule has 0 amide bonds. The minimum Gasteiger partial charge on any atom is -0.497 e. The number of rotatable bonds is 3. The molecule has 0 heterocycles. The summed E-state index contributed by atoms with van der Waals surface area (Å²) in [7, 11) is -0.940. The van der Waals surface area contributed by atoms with Crippen LogP contribution in [-0.4, -0.2) is 24.3 Å². The standard InChI is InChI=1S/C8H8BF3O3/c1-15-7-4(9(13)14)2-3-5(10)6(7)8(11)12/h2-3,8,13-14H,1H3. The first kappa shape index (κ1) is 11.9. The Labute approximate surface area is 84.3 Å². The third-order valence-electron chi connectivity index (χ3n) is 1.87. The fourth-order valence-electron chi connectivity index (χ4n) is 1.23. The van der Waals surface area contributed by atoms with Gasteiger partial charge >= 0.3 is 7.12 Å². The van der Waals surface area contributed by atoms with Gasteiger partial charge in [-0.05, 0) is 6.07 Å². The summed E-state index contributed by atoms with van der Waals surface area (Å²) in [5.41, 5.74) is -1.27. The molecule has 7 heteroatoms. The van der Waals surface area contributed by atoms with E-state index in [1.807, 2.05) is 0 Å². The van der Waals surface area contributed by atoms with Gasteiger partial charge in [0.1, 0.15) is 11.6 Å². The number of benzene rings is 1. The molecule has 0 bridgehead atoms. The third-order valence-corrected chi connectivity index (χ3v) is 1.87. The van der Waals surface area contributed by atoms with E-state index in [2.05, 4.69) is 4.74 Å². The Morgan fingerprint density at radius 3 is 2.33 bits per heavy atom. The quantitative estimate of drug-likeness (QED) is 0.727. The Bertz CT molecular complexity index is 357. The van der Waals surface area contributed by atoms with Gasteiger partial charge in [0.05, 0.1) is 12.7 Å². The normalized spacial score (nSPS) is 10.6. The maximum atomic E-state index is 13.0. The summed E-state index contributed by atoms with van der Waals surface area (Å²) >= 11 is 0. The minimum atomic E-state index is -3.08. The predicted octanol–water partition coefficient (Wildman–Crippen LogP) is 0.452. The summed E-state index contributed by atoms with van der Waals surface area (Å²) < 4.78 is 42.4. The Morgan fingerprint density at radius 2 is 1.93 bits per heavy atom. The van der Waals surface area contributed by atoms with Gasteiger partial charge in [0.15, 0.2) is 0 Å². The molecule has 0 aliphatic heterocycles. The summed E-state index contributed by atoms with van der Waals surface area (Å²) in [4.78, 5) is 0. The van der Waals surface area contributed by atoms with Gasteiger partial charge in [-0.2, -0.15) is 0 Å². The lowest BCUT2D eigenvalue weighted by Gasteiger charge is -2.13. The summed E-state index contributed by atoms with van der Waals surface area (Å²) in [5.74, 6) is -1.69. The van der Waals surface area contributed by atoms with Crippen molar-refractivity contribution in [1.82, 2.24) is 0 Å². The topological polar surface area (TPSA) is 49.7 Å². The van der Waals surface area contributed by atoms with E-state index in [1.54, 1.807) is 0 Å². The molecule has 1 aromatic carbocycles. The van der Waals surface area contributed by atoms with Crippen LogP contribution in [0.15, 0.2) is 12.1 Å². The van der Waals surface area contributed by atoms with Crippen LogP contribution in [0.3, 0.4) is 0 Å². The predicted molar refractivity (Wildman–Crippen MR) is 47.7 cm³/mol. The fraction of sp³-hybridized carbons (Fsp3) is 0.250. The Kier molecular flexibility index (Phi) is 3.59. The van der Waals surface area contributed by atoms with E-state index < -0.39 is 30.7 Å². The van der Waals surface area contributed by atoms with Crippen LogP contribution in [0.4, 0.5) is 13.2 Å². The van der Waals surface area contributed by atoms with Crippen molar-refractivity contribution in [3.05, 3.63) is 23.5 Å². The summed E-state index contributed by atoms with van der Waals surface area (Å²) in [6.45, 7) is 0. The monoisotopic (exact) mass is 220 g/mol. The number of halogens is 3. The molecule has 0 atom stereocenters. The zero-order valence-corrected chi connectivity index (χ0v) is 7.75. The van der Waals surface area contributed by atoms with Crippen molar-refractivity contribution < 1.29 is 28.0 Å². The second-order valence-electron chi connectivity index (χ2n) is 2.76. The molecule has 2 N–H and O–H groups in total. The first-order valence-corrected chi connectivity index (χ1v) is 3.99. The molecule has 1 rings (SSSR count). The highest BCUT2D eigenvalue weighted by atomic mass is 19.3. The third kappa shape index (κ3) is 2.24. The minimum absolute atomic E-state index is 0.297. The Morgan fingerprint density at radius 1 is 1.33 bits per heavy atom. The molecule has 15 heavy (non-hydrogen) atoms. The average molecular weight is 220 g/mol. The van der Waals surface area contributed by atoms with Crippen molar-refractivity contribution in [3.63, 3.8) is 0 Å². The summed E-state index contributed by atoms with van der Waals surface area (Å²) in [5, 5.41) is 17.7. The van der Waals surface area contributed by atoms with Crippen LogP contribution in [0.1, 0.15) is 12.0 Å². The van der Waals surface area contributed by atoms with Crippen LogP contribution in [0.25, 0.3) is 0 Å².